The SMILES string of the molecule is C/C(=N\NC(=S)N1CCN(CCC(=O)O)CC1)c1csc(-c2ccc(Br)cc2)c1O. The van der Waals surface area contributed by atoms with Gasteiger partial charge >= 0.3 is 5.97 Å². The van der Waals surface area contributed by atoms with Gasteiger partial charge in [0.25, 0.3) is 0 Å². The van der Waals surface area contributed by atoms with Gasteiger partial charge in [-0.25, -0.2) is 0 Å². The number of piperazine rings is 1. The van der Waals surface area contributed by atoms with Crippen molar-refractivity contribution in [3.05, 3.63) is 39.7 Å². The molecule has 2 aromatic rings. The van der Waals surface area contributed by atoms with Crippen molar-refractivity contribution in [2.75, 3.05) is 32.7 Å². The topological polar surface area (TPSA) is 88.4 Å². The van der Waals surface area contributed by atoms with Crippen LogP contribution in [0.4, 0.5) is 0 Å². The number of thiophene rings is 1. The summed E-state index contributed by atoms with van der Waals surface area (Å²) in [7, 11) is 0. The normalized spacial score (nSPS) is 15.3. The van der Waals surface area contributed by atoms with E-state index in [2.05, 4.69) is 31.4 Å². The van der Waals surface area contributed by atoms with Crippen molar-refractivity contribution < 1.29 is 15.0 Å². The monoisotopic (exact) mass is 510 g/mol. The number of aliphatic carboxylic acids is 1. The first-order chi connectivity index (χ1) is 14.3. The fourth-order valence-corrected chi connectivity index (χ4v) is 4.61. The molecule has 0 saturated carbocycles. The van der Waals surface area contributed by atoms with Crippen LogP contribution in [0.3, 0.4) is 0 Å². The van der Waals surface area contributed by atoms with Crippen LogP contribution < -0.4 is 5.43 Å². The molecule has 3 rings (SSSR count). The Balaban J connectivity index is 1.57. The third-order valence-corrected chi connectivity index (χ3v) is 6.78. The molecule has 1 fully saturated rings. The molecule has 1 aliphatic rings. The van der Waals surface area contributed by atoms with Gasteiger partial charge in [-0.1, -0.05) is 28.1 Å². The summed E-state index contributed by atoms with van der Waals surface area (Å²) in [5.74, 6) is -0.567. The summed E-state index contributed by atoms with van der Waals surface area (Å²) in [5.41, 5.74) is 5.19. The van der Waals surface area contributed by atoms with Gasteiger partial charge in [-0.2, -0.15) is 5.10 Å². The smallest absolute Gasteiger partial charge is 0.304 e. The molecule has 0 aliphatic carbocycles. The van der Waals surface area contributed by atoms with Gasteiger partial charge in [-0.3, -0.25) is 15.1 Å². The second kappa shape index (κ2) is 10.3. The second-order valence-electron chi connectivity index (χ2n) is 6.92. The average Bonchev–Trinajstić information content (AvgIpc) is 3.12. The van der Waals surface area contributed by atoms with E-state index in [4.69, 9.17) is 17.3 Å². The summed E-state index contributed by atoms with van der Waals surface area (Å²) in [6, 6.07) is 7.79. The zero-order chi connectivity index (χ0) is 21.7. The van der Waals surface area contributed by atoms with E-state index in [1.165, 1.54) is 11.3 Å². The number of halogens is 1. The molecule has 30 heavy (non-hydrogen) atoms. The van der Waals surface area contributed by atoms with Gasteiger partial charge in [-0.15, -0.1) is 11.3 Å². The van der Waals surface area contributed by atoms with Gasteiger partial charge in [0.05, 0.1) is 22.6 Å². The van der Waals surface area contributed by atoms with Crippen LogP contribution in [0.25, 0.3) is 10.4 Å². The summed E-state index contributed by atoms with van der Waals surface area (Å²) < 4.78 is 0.987. The van der Waals surface area contributed by atoms with E-state index < -0.39 is 5.97 Å². The number of carbonyl (C=O) groups is 1. The molecular formula is C20H23BrN4O3S2. The lowest BCUT2D eigenvalue weighted by Crippen LogP contribution is -2.51. The molecule has 1 aliphatic heterocycles. The van der Waals surface area contributed by atoms with E-state index in [9.17, 15) is 9.90 Å². The largest absolute Gasteiger partial charge is 0.506 e. The van der Waals surface area contributed by atoms with Crippen LogP contribution in [0.15, 0.2) is 39.2 Å². The van der Waals surface area contributed by atoms with Gasteiger partial charge in [-0.05, 0) is 36.8 Å². The number of carboxylic acid groups (broad SMARTS) is 1. The molecule has 1 saturated heterocycles. The van der Waals surface area contributed by atoms with Crippen LogP contribution in [-0.4, -0.2) is 69.5 Å². The maximum absolute atomic E-state index is 10.7. The molecule has 0 bridgehead atoms. The van der Waals surface area contributed by atoms with Gasteiger partial charge < -0.3 is 15.1 Å². The highest BCUT2D eigenvalue weighted by molar-refractivity contribution is 9.10. The lowest BCUT2D eigenvalue weighted by molar-refractivity contribution is -0.137. The van der Waals surface area contributed by atoms with Crippen LogP contribution in [0, 0.1) is 0 Å². The fourth-order valence-electron chi connectivity index (χ4n) is 3.11. The summed E-state index contributed by atoms with van der Waals surface area (Å²) in [6.07, 6.45) is 0.151. The minimum atomic E-state index is -0.778. The summed E-state index contributed by atoms with van der Waals surface area (Å²) in [5, 5.41) is 26.2. The molecule has 160 valence electrons. The fraction of sp³-hybridized carbons (Fsp3) is 0.350. The first-order valence-electron chi connectivity index (χ1n) is 9.45. The highest BCUT2D eigenvalue weighted by atomic mass is 79.9. The number of hydrogen-bond donors (Lipinski definition) is 3. The minimum absolute atomic E-state index is 0.151. The van der Waals surface area contributed by atoms with Crippen molar-refractivity contribution in [1.82, 2.24) is 15.2 Å². The highest BCUT2D eigenvalue weighted by Crippen LogP contribution is 2.39. The summed E-state index contributed by atoms with van der Waals surface area (Å²) in [6.45, 7) is 5.35. The lowest BCUT2D eigenvalue weighted by Gasteiger charge is -2.35. The third kappa shape index (κ3) is 5.78. The van der Waals surface area contributed by atoms with Gasteiger partial charge in [0, 0.05) is 42.6 Å². The molecule has 3 N–H and O–H groups in total. The number of thiocarbonyl (C=S) groups is 1. The van der Waals surface area contributed by atoms with Gasteiger partial charge in [0.2, 0.25) is 0 Å². The molecule has 0 amide bonds. The first-order valence-corrected chi connectivity index (χ1v) is 11.5. The number of nitrogens with one attached hydrogen (secondary N) is 1. The molecule has 1 aromatic heterocycles. The number of benzene rings is 1. The van der Waals surface area contributed by atoms with Crippen molar-refractivity contribution in [3.8, 4) is 16.2 Å². The minimum Gasteiger partial charge on any atom is -0.506 e. The zero-order valence-corrected chi connectivity index (χ0v) is 19.7. The summed E-state index contributed by atoms with van der Waals surface area (Å²) in [4.78, 5) is 15.6. The van der Waals surface area contributed by atoms with Crippen molar-refractivity contribution >= 4 is 56.3 Å². The Kier molecular flexibility index (Phi) is 7.81. The second-order valence-corrected chi connectivity index (χ2v) is 9.10. The van der Waals surface area contributed by atoms with Crippen LogP contribution in [-0.2, 0) is 4.79 Å². The van der Waals surface area contributed by atoms with Crippen LogP contribution in [0.1, 0.15) is 18.9 Å². The molecule has 0 unspecified atom stereocenters. The Hall–Kier alpha value is -2.01. The number of nitrogens with zero attached hydrogens (tertiary/aromatic N) is 3. The maximum atomic E-state index is 10.7. The van der Waals surface area contributed by atoms with Crippen molar-refractivity contribution in [2.24, 2.45) is 5.10 Å². The molecule has 1 aromatic carbocycles. The molecule has 0 spiro atoms. The van der Waals surface area contributed by atoms with E-state index in [0.717, 1.165) is 41.1 Å². The van der Waals surface area contributed by atoms with E-state index in [0.29, 0.717) is 22.9 Å². The first kappa shape index (κ1) is 22.7. The zero-order valence-electron chi connectivity index (χ0n) is 16.5. The van der Waals surface area contributed by atoms with Crippen molar-refractivity contribution in [3.63, 3.8) is 0 Å². The maximum Gasteiger partial charge on any atom is 0.304 e. The van der Waals surface area contributed by atoms with E-state index >= 15 is 0 Å². The van der Waals surface area contributed by atoms with Crippen LogP contribution in [0.5, 0.6) is 5.75 Å². The molecule has 0 atom stereocenters. The number of hydrogen-bond acceptors (Lipinski definition) is 6. The highest BCUT2D eigenvalue weighted by Gasteiger charge is 2.19. The predicted molar refractivity (Wildman–Crippen MR) is 127 cm³/mol. The van der Waals surface area contributed by atoms with Gasteiger partial charge in [0.15, 0.2) is 5.11 Å². The molecule has 10 heteroatoms. The Morgan fingerprint density at radius 3 is 2.57 bits per heavy atom. The van der Waals surface area contributed by atoms with Crippen LogP contribution >= 0.6 is 39.5 Å². The Labute approximate surface area is 193 Å². The number of carboxylic acids is 1. The average molecular weight is 511 g/mol. The quantitative estimate of drug-likeness (QED) is 0.311. The molecule has 0 radical (unpaired) electrons. The van der Waals surface area contributed by atoms with Gasteiger partial charge in [0.1, 0.15) is 5.75 Å². The van der Waals surface area contributed by atoms with E-state index in [1.807, 2.05) is 41.5 Å². The third-order valence-electron chi connectivity index (χ3n) is 4.88. The Morgan fingerprint density at radius 1 is 1.27 bits per heavy atom. The van der Waals surface area contributed by atoms with E-state index in [-0.39, 0.29) is 12.2 Å². The lowest BCUT2D eigenvalue weighted by atomic mass is 10.1. The number of hydrazone groups is 1. The standard InChI is InChI=1S/C20H23BrN4O3S2/c1-13(16-12-30-19(18(16)28)14-2-4-15(21)5-3-14)22-23-20(29)25-10-8-24(9-11-25)7-6-17(26)27/h2-5,12,28H,6-11H2,1H3,(H,23,29)(H,26,27)/b22-13+. The Morgan fingerprint density at radius 2 is 1.93 bits per heavy atom. The number of rotatable bonds is 6. The van der Waals surface area contributed by atoms with Crippen molar-refractivity contribution in [1.29, 1.82) is 0 Å². The molecule has 2 heterocycles. The van der Waals surface area contributed by atoms with E-state index in [1.54, 1.807) is 0 Å². The number of aromatic hydroxyl groups is 1. The molecular weight excluding hydrogens is 488 g/mol. The van der Waals surface area contributed by atoms with Crippen molar-refractivity contribution in [2.45, 2.75) is 13.3 Å². The predicted octanol–water partition coefficient (Wildman–Crippen LogP) is 3.57. The molecule has 7 nitrogen and oxygen atoms in total. The Bertz CT molecular complexity index is 938. The van der Waals surface area contributed by atoms with Crippen LogP contribution in [0.2, 0.25) is 0 Å². The summed E-state index contributed by atoms with van der Waals surface area (Å²) >= 11 is 10.3.